The van der Waals surface area contributed by atoms with Gasteiger partial charge in [-0.3, -0.25) is 0 Å². The van der Waals surface area contributed by atoms with E-state index in [1.165, 1.54) is 11.4 Å². The number of carbonyl (C=O) groups is 1. The summed E-state index contributed by atoms with van der Waals surface area (Å²) in [6, 6.07) is 30.1. The van der Waals surface area contributed by atoms with Gasteiger partial charge in [0.1, 0.15) is 11.9 Å². The minimum Gasteiger partial charge on any atom is -0.493 e. The van der Waals surface area contributed by atoms with Gasteiger partial charge in [0.05, 0.1) is 17.5 Å². The lowest BCUT2D eigenvalue weighted by molar-refractivity contribution is -0.148. The summed E-state index contributed by atoms with van der Waals surface area (Å²) in [6.45, 7) is 2.75. The quantitative estimate of drug-likeness (QED) is 0.207. The molecular weight excluding hydrogens is 616 g/mol. The number of aliphatic imine (C=N–C) groups is 1. The van der Waals surface area contributed by atoms with Crippen molar-refractivity contribution in [2.24, 2.45) is 4.99 Å². The normalized spacial score (nSPS) is 18.6. The van der Waals surface area contributed by atoms with Gasteiger partial charge < -0.3 is 19.3 Å². The molecule has 9 nitrogen and oxygen atoms in total. The Hall–Kier alpha value is -4.51. The van der Waals surface area contributed by atoms with Crippen LogP contribution in [0.5, 0.6) is 5.75 Å². The Kier molecular flexibility index (Phi) is 9.72. The average Bonchev–Trinajstić information content (AvgIpc) is 3.48. The number of hydrogen-bond donors (Lipinski definition) is 1. The zero-order valence-electron chi connectivity index (χ0n) is 26.4. The first kappa shape index (κ1) is 32.4. The van der Waals surface area contributed by atoms with E-state index in [1.807, 2.05) is 91.9 Å². The van der Waals surface area contributed by atoms with E-state index < -0.39 is 22.1 Å². The van der Waals surface area contributed by atoms with Crippen molar-refractivity contribution in [3.63, 3.8) is 0 Å². The smallest absolute Gasteiger partial charge is 0.333 e. The van der Waals surface area contributed by atoms with Crippen LogP contribution in [0, 0.1) is 0 Å². The van der Waals surface area contributed by atoms with Crippen LogP contribution in [0.1, 0.15) is 35.6 Å². The van der Waals surface area contributed by atoms with Crippen LogP contribution in [0.25, 0.3) is 11.1 Å². The number of ether oxygens (including phenoxy) is 3. The maximum Gasteiger partial charge on any atom is 0.333 e. The average molecular weight is 655 g/mol. The lowest BCUT2D eigenvalue weighted by Gasteiger charge is -2.31. The summed E-state index contributed by atoms with van der Waals surface area (Å²) in [4.78, 5) is 16.8. The van der Waals surface area contributed by atoms with Crippen molar-refractivity contribution in [3.8, 4) is 16.9 Å². The Balaban J connectivity index is 1.22. The van der Waals surface area contributed by atoms with E-state index in [2.05, 4.69) is 0 Å². The molecule has 244 valence electrons. The number of hydrogen-bond acceptors (Lipinski definition) is 7. The second-order valence-corrected chi connectivity index (χ2v) is 13.7. The van der Waals surface area contributed by atoms with Crippen molar-refractivity contribution < 1.29 is 32.5 Å². The molecule has 47 heavy (non-hydrogen) atoms. The first-order valence-electron chi connectivity index (χ1n) is 15.7. The van der Waals surface area contributed by atoms with Gasteiger partial charge in [0.25, 0.3) is 0 Å². The highest BCUT2D eigenvalue weighted by atomic mass is 32.2. The summed E-state index contributed by atoms with van der Waals surface area (Å²) in [5.74, 6) is 0.215. The van der Waals surface area contributed by atoms with Gasteiger partial charge in [-0.25, -0.2) is 18.2 Å². The minimum absolute atomic E-state index is 0.0627. The van der Waals surface area contributed by atoms with Crippen LogP contribution < -0.4 is 4.74 Å². The molecule has 0 spiro atoms. The van der Waals surface area contributed by atoms with Crippen LogP contribution in [-0.2, 0) is 43.7 Å². The molecule has 0 saturated carbocycles. The topological polar surface area (TPSA) is 115 Å². The van der Waals surface area contributed by atoms with Crippen LogP contribution in [0.3, 0.4) is 0 Å². The Bertz CT molecular complexity index is 1850. The zero-order chi connectivity index (χ0) is 33.0. The number of fused-ring (bicyclic) bond motifs is 1. The van der Waals surface area contributed by atoms with Crippen molar-refractivity contribution >= 4 is 21.9 Å². The number of aliphatic carboxylic acids is 1. The molecule has 0 amide bonds. The maximum absolute atomic E-state index is 13.9. The van der Waals surface area contributed by atoms with E-state index in [0.717, 1.165) is 33.4 Å². The van der Waals surface area contributed by atoms with E-state index in [9.17, 15) is 18.3 Å². The molecule has 2 heterocycles. The first-order valence-corrected chi connectivity index (χ1v) is 17.2. The zero-order valence-corrected chi connectivity index (χ0v) is 27.2. The molecule has 0 aromatic heterocycles. The molecule has 2 aliphatic heterocycles. The lowest BCUT2D eigenvalue weighted by atomic mass is 9.92. The maximum atomic E-state index is 13.9. The molecule has 0 radical (unpaired) electrons. The van der Waals surface area contributed by atoms with Gasteiger partial charge in [0.2, 0.25) is 15.9 Å². The monoisotopic (exact) mass is 654 g/mol. The van der Waals surface area contributed by atoms with Crippen LogP contribution in [0.4, 0.5) is 0 Å². The third kappa shape index (κ3) is 7.10. The second-order valence-electron chi connectivity index (χ2n) is 11.8. The van der Waals surface area contributed by atoms with Gasteiger partial charge in [-0.15, -0.1) is 0 Å². The lowest BCUT2D eigenvalue weighted by Crippen LogP contribution is -2.37. The van der Waals surface area contributed by atoms with Crippen molar-refractivity contribution in [1.29, 1.82) is 0 Å². The summed E-state index contributed by atoms with van der Waals surface area (Å²) in [6.07, 6.45) is 0.000838. The van der Waals surface area contributed by atoms with E-state index in [0.29, 0.717) is 31.1 Å². The van der Waals surface area contributed by atoms with Gasteiger partial charge in [-0.2, -0.15) is 4.31 Å². The summed E-state index contributed by atoms with van der Waals surface area (Å²) in [5, 5.41) is 9.68. The van der Waals surface area contributed by atoms with Crippen LogP contribution in [-0.4, -0.2) is 68.2 Å². The second kappa shape index (κ2) is 14.1. The van der Waals surface area contributed by atoms with E-state index in [-0.39, 0.29) is 36.6 Å². The highest BCUT2D eigenvalue weighted by Gasteiger charge is 2.33. The van der Waals surface area contributed by atoms with Crippen molar-refractivity contribution in [2.45, 2.75) is 55.9 Å². The number of benzene rings is 4. The highest BCUT2D eigenvalue weighted by Crippen LogP contribution is 2.35. The van der Waals surface area contributed by atoms with Gasteiger partial charge in [0.15, 0.2) is 6.10 Å². The fourth-order valence-corrected chi connectivity index (χ4v) is 7.55. The molecule has 0 bridgehead atoms. The molecule has 0 saturated heterocycles. The molecule has 4 aromatic rings. The third-order valence-electron chi connectivity index (χ3n) is 8.81. The third-order valence-corrected chi connectivity index (χ3v) is 10.7. The Morgan fingerprint density at radius 1 is 0.936 bits per heavy atom. The van der Waals surface area contributed by atoms with Gasteiger partial charge in [-0.05, 0) is 65.9 Å². The fourth-order valence-electron chi connectivity index (χ4n) is 6.14. The molecule has 10 heteroatoms. The van der Waals surface area contributed by atoms with Gasteiger partial charge >= 0.3 is 5.97 Å². The number of nitrogens with zero attached hydrogens (tertiary/aromatic N) is 2. The van der Waals surface area contributed by atoms with E-state index in [4.69, 9.17) is 19.2 Å². The number of sulfonamides is 1. The molecule has 3 unspecified atom stereocenters. The summed E-state index contributed by atoms with van der Waals surface area (Å²) >= 11 is 0. The molecular formula is C37H38N2O7S. The number of carboxylic acids is 1. The molecule has 0 fully saturated rings. The Morgan fingerprint density at radius 3 is 2.26 bits per heavy atom. The molecule has 4 aromatic carbocycles. The number of rotatable bonds is 12. The molecule has 0 aliphatic carbocycles. The van der Waals surface area contributed by atoms with Crippen molar-refractivity contribution in [1.82, 2.24) is 4.31 Å². The summed E-state index contributed by atoms with van der Waals surface area (Å²) in [7, 11) is -2.47. The predicted molar refractivity (Wildman–Crippen MR) is 179 cm³/mol. The number of carboxylic acid groups (broad SMARTS) is 1. The SMILES string of the molecule is COC(Cc1ccc(OCCC2N=C(c3ccccc3)OC2C)c2c1CN(S(=O)(=O)c1ccc(-c3ccccc3)cc1)CC2)C(=O)O. The number of methoxy groups -OCH3 is 1. The molecule has 3 atom stereocenters. The minimum atomic E-state index is -3.83. The van der Waals surface area contributed by atoms with Crippen LogP contribution in [0.2, 0.25) is 0 Å². The molecule has 1 N–H and O–H groups in total. The standard InChI is InChI=1S/C37H38N2O7S/c1-25-33(38-36(46-25)28-11-7-4-8-12-28)20-22-45-34-18-15-29(23-35(44-2)37(40)41)32-24-39(21-19-31(32)34)47(42,43)30-16-13-27(14-17-30)26-9-5-3-6-10-26/h3-18,25,33,35H,19-24H2,1-2H3,(H,40,41). The molecule has 2 aliphatic rings. The first-order chi connectivity index (χ1) is 22.7. The highest BCUT2D eigenvalue weighted by molar-refractivity contribution is 7.89. The van der Waals surface area contributed by atoms with E-state index >= 15 is 0 Å². The Labute approximate surface area is 275 Å². The summed E-state index contributed by atoms with van der Waals surface area (Å²) in [5.41, 5.74) is 5.23. The molecule has 6 rings (SSSR count). The van der Waals surface area contributed by atoms with Crippen molar-refractivity contribution in [3.05, 3.63) is 119 Å². The predicted octanol–water partition coefficient (Wildman–Crippen LogP) is 5.75. The fraction of sp³-hybridized carbons (Fsp3) is 0.297. The summed E-state index contributed by atoms with van der Waals surface area (Å²) < 4.78 is 46.7. The largest absolute Gasteiger partial charge is 0.493 e. The Morgan fingerprint density at radius 2 is 1.60 bits per heavy atom. The van der Waals surface area contributed by atoms with Crippen molar-refractivity contribution in [2.75, 3.05) is 20.3 Å². The van der Waals surface area contributed by atoms with Gasteiger partial charge in [0, 0.05) is 44.2 Å². The van der Waals surface area contributed by atoms with Gasteiger partial charge in [-0.1, -0.05) is 66.7 Å². The van der Waals surface area contributed by atoms with Crippen LogP contribution >= 0.6 is 0 Å². The van der Waals surface area contributed by atoms with E-state index in [1.54, 1.807) is 12.1 Å². The van der Waals surface area contributed by atoms with Crippen LogP contribution in [0.15, 0.2) is 107 Å².